The highest BCUT2D eigenvalue weighted by Gasteiger charge is 2.67. The van der Waals surface area contributed by atoms with Crippen LogP contribution < -0.4 is 9.64 Å². The normalized spacial score (nSPS) is 32.1. The lowest BCUT2D eigenvalue weighted by molar-refractivity contribution is -0.124. The summed E-state index contributed by atoms with van der Waals surface area (Å²) in [5.41, 5.74) is 1.08. The number of Topliss-reactive ketones (excluding diaryl/α,β-unsaturated/α-hetero) is 1. The molecule has 3 fully saturated rings. The molecule has 6 atom stereocenters. The van der Waals surface area contributed by atoms with Crippen LogP contribution in [0.15, 0.2) is 65.2 Å². The topological polar surface area (TPSA) is 63.7 Å². The molecule has 0 unspecified atom stereocenters. The molecule has 2 saturated carbocycles. The molecule has 1 saturated heterocycles. The molecule has 156 valence electrons. The fraction of sp³-hybridized carbons (Fsp3) is 0.320. The summed E-state index contributed by atoms with van der Waals surface area (Å²) in [5, 5.41) is 0. The maximum absolute atomic E-state index is 13.3. The zero-order valence-corrected chi connectivity index (χ0v) is 18.2. The Kier molecular flexibility index (Phi) is 4.22. The van der Waals surface area contributed by atoms with E-state index in [1.54, 1.807) is 36.4 Å². The molecule has 2 aromatic carbocycles. The summed E-state index contributed by atoms with van der Waals surface area (Å²) >= 11 is 3.35. The number of ether oxygens (including phenoxy) is 1. The average Bonchev–Trinajstić information content (AvgIpc) is 3.56. The smallest absolute Gasteiger partial charge is 0.238 e. The number of carbonyl (C=O) groups excluding carboxylic acids is 3. The Morgan fingerprint density at radius 2 is 1.61 bits per heavy atom. The van der Waals surface area contributed by atoms with Gasteiger partial charge < -0.3 is 4.74 Å². The van der Waals surface area contributed by atoms with Crippen LogP contribution in [-0.2, 0) is 9.59 Å². The Morgan fingerprint density at radius 1 is 0.968 bits per heavy atom. The first kappa shape index (κ1) is 19.0. The van der Waals surface area contributed by atoms with E-state index < -0.39 is 0 Å². The SMILES string of the molecule is O=C(COc1cccc(N2C(=O)[C@@H]3[C@@H]4C=C[C@H]([C@H]5C[C@@H]45)[C@@H]3C2=O)c1)c1ccc(Br)cc1. The Bertz CT molecular complexity index is 1100. The van der Waals surface area contributed by atoms with Crippen molar-refractivity contribution < 1.29 is 19.1 Å². The molecule has 0 N–H and O–H groups in total. The molecule has 2 aromatic rings. The van der Waals surface area contributed by atoms with E-state index in [0.29, 0.717) is 28.8 Å². The molecule has 0 aromatic heterocycles. The minimum atomic E-state index is -0.227. The zero-order chi connectivity index (χ0) is 21.3. The summed E-state index contributed by atoms with van der Waals surface area (Å²) in [5.74, 6) is 1.23. The van der Waals surface area contributed by atoms with Crippen LogP contribution in [0.2, 0.25) is 0 Å². The van der Waals surface area contributed by atoms with Crippen LogP contribution in [0.4, 0.5) is 5.69 Å². The third-order valence-electron chi connectivity index (χ3n) is 7.27. The molecular formula is C25H20BrNO4. The van der Waals surface area contributed by atoms with Gasteiger partial charge in [0, 0.05) is 16.1 Å². The number of anilines is 1. The van der Waals surface area contributed by atoms with Crippen molar-refractivity contribution in [2.75, 3.05) is 11.5 Å². The average molecular weight is 478 g/mol. The number of hydrogen-bond donors (Lipinski definition) is 0. The number of halogens is 1. The van der Waals surface area contributed by atoms with Gasteiger partial charge in [0.1, 0.15) is 5.75 Å². The van der Waals surface area contributed by atoms with E-state index >= 15 is 0 Å². The van der Waals surface area contributed by atoms with Gasteiger partial charge in [0.2, 0.25) is 11.8 Å². The molecule has 2 bridgehead atoms. The van der Waals surface area contributed by atoms with E-state index in [-0.39, 0.29) is 47.9 Å². The number of imide groups is 1. The molecule has 0 spiro atoms. The van der Waals surface area contributed by atoms with Crippen molar-refractivity contribution in [2.45, 2.75) is 6.42 Å². The van der Waals surface area contributed by atoms with Crippen molar-refractivity contribution in [3.63, 3.8) is 0 Å². The molecule has 5 aliphatic rings. The third kappa shape index (κ3) is 2.92. The van der Waals surface area contributed by atoms with Gasteiger partial charge in [0.15, 0.2) is 12.4 Å². The van der Waals surface area contributed by atoms with Gasteiger partial charge in [-0.25, -0.2) is 4.90 Å². The Morgan fingerprint density at radius 3 is 2.26 bits per heavy atom. The first-order valence-electron chi connectivity index (χ1n) is 10.6. The summed E-state index contributed by atoms with van der Waals surface area (Å²) in [4.78, 5) is 40.3. The molecule has 31 heavy (non-hydrogen) atoms. The first-order chi connectivity index (χ1) is 15.0. The van der Waals surface area contributed by atoms with Crippen LogP contribution in [0.1, 0.15) is 16.8 Å². The Labute approximate surface area is 188 Å². The minimum absolute atomic E-state index is 0.0946. The maximum atomic E-state index is 13.3. The predicted molar refractivity (Wildman–Crippen MR) is 118 cm³/mol. The van der Waals surface area contributed by atoms with Crippen LogP contribution >= 0.6 is 15.9 Å². The van der Waals surface area contributed by atoms with Crippen molar-refractivity contribution in [3.05, 3.63) is 70.7 Å². The summed E-state index contributed by atoms with van der Waals surface area (Å²) in [6.45, 7) is -0.115. The number of rotatable bonds is 5. The Balaban J connectivity index is 1.20. The summed E-state index contributed by atoms with van der Waals surface area (Å²) in [6, 6.07) is 14.0. The molecule has 1 heterocycles. The van der Waals surface area contributed by atoms with E-state index in [4.69, 9.17) is 4.74 Å². The number of carbonyl (C=O) groups is 3. The number of hydrogen-bond acceptors (Lipinski definition) is 4. The molecule has 7 rings (SSSR count). The van der Waals surface area contributed by atoms with E-state index in [1.165, 1.54) is 4.90 Å². The molecule has 5 nitrogen and oxygen atoms in total. The monoisotopic (exact) mass is 477 g/mol. The van der Waals surface area contributed by atoms with Gasteiger partial charge >= 0.3 is 0 Å². The molecule has 1 aliphatic heterocycles. The van der Waals surface area contributed by atoms with Crippen LogP contribution in [0.5, 0.6) is 5.75 Å². The van der Waals surface area contributed by atoms with E-state index in [9.17, 15) is 14.4 Å². The fourth-order valence-corrected chi connectivity index (χ4v) is 6.06. The highest BCUT2D eigenvalue weighted by molar-refractivity contribution is 9.10. The van der Waals surface area contributed by atoms with Crippen LogP contribution in [0.25, 0.3) is 0 Å². The fourth-order valence-electron chi connectivity index (χ4n) is 5.79. The van der Waals surface area contributed by atoms with Crippen molar-refractivity contribution in [3.8, 4) is 5.75 Å². The lowest BCUT2D eigenvalue weighted by Gasteiger charge is -2.37. The molecular weight excluding hydrogens is 458 g/mol. The maximum Gasteiger partial charge on any atom is 0.238 e. The predicted octanol–water partition coefficient (Wildman–Crippen LogP) is 4.27. The summed E-state index contributed by atoms with van der Waals surface area (Å²) in [7, 11) is 0. The van der Waals surface area contributed by atoms with Crippen molar-refractivity contribution in [2.24, 2.45) is 35.5 Å². The van der Waals surface area contributed by atoms with E-state index in [0.717, 1.165) is 10.9 Å². The standard InChI is InChI=1S/C25H20BrNO4/c26-14-6-4-13(5-7-14)21(28)12-31-16-3-1-2-15(10-16)27-24(29)22-17-8-9-18(20-11-19(17)20)23(22)25(27)30/h1-10,17-20,22-23H,11-12H2/t17-,18-,19-,20+,22+,23-/m1/s1. The van der Waals surface area contributed by atoms with E-state index in [1.807, 2.05) is 12.1 Å². The van der Waals surface area contributed by atoms with Crippen molar-refractivity contribution in [1.82, 2.24) is 0 Å². The molecule has 0 radical (unpaired) electrons. The number of allylic oxidation sites excluding steroid dienone is 2. The number of ketones is 1. The molecule has 6 heteroatoms. The quantitative estimate of drug-likeness (QED) is 0.366. The van der Waals surface area contributed by atoms with Gasteiger partial charge in [-0.05, 0) is 54.4 Å². The first-order valence-corrected chi connectivity index (χ1v) is 11.4. The van der Waals surface area contributed by atoms with E-state index in [2.05, 4.69) is 28.1 Å². The third-order valence-corrected chi connectivity index (χ3v) is 7.80. The Hall–Kier alpha value is -2.73. The largest absolute Gasteiger partial charge is 0.485 e. The second-order valence-corrected chi connectivity index (χ2v) is 9.80. The summed E-state index contributed by atoms with van der Waals surface area (Å²) in [6.07, 6.45) is 5.48. The number of amides is 2. The lowest BCUT2D eigenvalue weighted by atomic mass is 9.63. The lowest BCUT2D eigenvalue weighted by Crippen LogP contribution is -2.40. The van der Waals surface area contributed by atoms with Gasteiger partial charge in [0.25, 0.3) is 0 Å². The van der Waals surface area contributed by atoms with Gasteiger partial charge in [-0.1, -0.05) is 46.3 Å². The minimum Gasteiger partial charge on any atom is -0.485 e. The zero-order valence-electron chi connectivity index (χ0n) is 16.6. The molecule has 2 amide bonds. The second-order valence-electron chi connectivity index (χ2n) is 8.88. The number of benzene rings is 2. The van der Waals surface area contributed by atoms with Crippen LogP contribution in [-0.4, -0.2) is 24.2 Å². The van der Waals surface area contributed by atoms with Gasteiger partial charge in [-0.3, -0.25) is 14.4 Å². The van der Waals surface area contributed by atoms with Gasteiger partial charge in [-0.2, -0.15) is 0 Å². The molecule has 4 aliphatic carbocycles. The summed E-state index contributed by atoms with van der Waals surface area (Å²) < 4.78 is 6.60. The van der Waals surface area contributed by atoms with Crippen LogP contribution in [0, 0.1) is 35.5 Å². The highest BCUT2D eigenvalue weighted by atomic mass is 79.9. The second kappa shape index (κ2) is 6.89. The van der Waals surface area contributed by atoms with Gasteiger partial charge in [-0.15, -0.1) is 0 Å². The number of nitrogens with zero attached hydrogens (tertiary/aromatic N) is 1. The van der Waals surface area contributed by atoms with Crippen molar-refractivity contribution in [1.29, 1.82) is 0 Å². The van der Waals surface area contributed by atoms with Gasteiger partial charge in [0.05, 0.1) is 17.5 Å². The van der Waals surface area contributed by atoms with Crippen LogP contribution in [0.3, 0.4) is 0 Å². The highest BCUT2D eigenvalue weighted by Crippen LogP contribution is 2.65. The van der Waals surface area contributed by atoms with Crippen molar-refractivity contribution >= 4 is 39.2 Å².